The highest BCUT2D eigenvalue weighted by Gasteiger charge is 2.28. The van der Waals surface area contributed by atoms with E-state index in [0.29, 0.717) is 5.52 Å². The van der Waals surface area contributed by atoms with E-state index in [4.69, 9.17) is 34.0 Å². The van der Waals surface area contributed by atoms with E-state index in [9.17, 15) is 9.59 Å². The van der Waals surface area contributed by atoms with Gasteiger partial charge in [-0.2, -0.15) is 0 Å². The topological polar surface area (TPSA) is 94.6 Å². The SMILES string of the molecule is Nc1c(Cl)cc2c(=O)c(OC(=O)O)cn(C3CC3)c2c1Cl. The Hall–Kier alpha value is -1.92. The lowest BCUT2D eigenvalue weighted by Crippen LogP contribution is -2.16. The molecule has 0 atom stereocenters. The third kappa shape index (κ3) is 2.30. The average molecular weight is 329 g/mol. The molecule has 0 spiro atoms. The largest absolute Gasteiger partial charge is 0.511 e. The number of pyridine rings is 1. The number of fused-ring (bicyclic) bond motifs is 1. The minimum absolute atomic E-state index is 0.138. The van der Waals surface area contributed by atoms with Gasteiger partial charge in [0.05, 0.1) is 32.8 Å². The van der Waals surface area contributed by atoms with E-state index in [1.807, 2.05) is 0 Å². The minimum atomic E-state index is -1.55. The van der Waals surface area contributed by atoms with Gasteiger partial charge in [-0.3, -0.25) is 4.79 Å². The molecule has 0 bridgehead atoms. The fraction of sp³-hybridized carbons (Fsp3) is 0.231. The van der Waals surface area contributed by atoms with Crippen molar-refractivity contribution in [2.75, 3.05) is 5.73 Å². The number of hydrogen-bond donors (Lipinski definition) is 2. The Morgan fingerprint density at radius 1 is 1.43 bits per heavy atom. The van der Waals surface area contributed by atoms with Crippen LogP contribution in [0.2, 0.25) is 10.0 Å². The minimum Gasteiger partial charge on any atom is -0.449 e. The number of rotatable bonds is 2. The predicted molar refractivity (Wildman–Crippen MR) is 79.6 cm³/mol. The van der Waals surface area contributed by atoms with E-state index in [1.54, 1.807) is 4.57 Å². The normalized spacial score (nSPS) is 14.4. The molecule has 2 aromatic rings. The first-order chi connectivity index (χ1) is 9.90. The molecule has 3 rings (SSSR count). The Kier molecular flexibility index (Phi) is 3.22. The van der Waals surface area contributed by atoms with Gasteiger partial charge in [0.2, 0.25) is 5.43 Å². The van der Waals surface area contributed by atoms with Crippen molar-refractivity contribution in [2.24, 2.45) is 0 Å². The molecular weight excluding hydrogens is 319 g/mol. The molecule has 1 fully saturated rings. The number of carbonyl (C=O) groups is 1. The second-order valence-corrected chi connectivity index (χ2v) is 5.60. The van der Waals surface area contributed by atoms with Gasteiger partial charge in [0.15, 0.2) is 5.75 Å². The highest BCUT2D eigenvalue weighted by Crippen LogP contribution is 2.42. The summed E-state index contributed by atoms with van der Waals surface area (Å²) in [6, 6.07) is 1.52. The number of ether oxygens (including phenoxy) is 1. The van der Waals surface area contributed by atoms with Gasteiger partial charge in [-0.25, -0.2) is 4.79 Å². The molecule has 6 nitrogen and oxygen atoms in total. The summed E-state index contributed by atoms with van der Waals surface area (Å²) in [6.07, 6.45) is 1.61. The molecule has 1 heterocycles. The van der Waals surface area contributed by atoms with Gasteiger partial charge >= 0.3 is 6.16 Å². The van der Waals surface area contributed by atoms with E-state index in [-0.39, 0.29) is 32.9 Å². The summed E-state index contributed by atoms with van der Waals surface area (Å²) < 4.78 is 6.27. The zero-order chi connectivity index (χ0) is 15.3. The Morgan fingerprint density at radius 2 is 2.10 bits per heavy atom. The molecule has 1 aliphatic rings. The van der Waals surface area contributed by atoms with Crippen LogP contribution in [0.25, 0.3) is 10.9 Å². The van der Waals surface area contributed by atoms with E-state index in [1.165, 1.54) is 12.3 Å². The monoisotopic (exact) mass is 328 g/mol. The summed E-state index contributed by atoms with van der Waals surface area (Å²) in [4.78, 5) is 23.0. The standard InChI is InChI=1S/C13H10Cl2N2O4/c14-7-3-6-11(9(15)10(7)16)17(5-1-2-5)4-8(12(6)18)21-13(19)20/h3-5H,1-2,16H2,(H,19,20). The number of anilines is 1. The first kappa shape index (κ1) is 14.0. The zero-order valence-corrected chi connectivity index (χ0v) is 12.1. The first-order valence-corrected chi connectivity index (χ1v) is 6.89. The third-order valence-corrected chi connectivity index (χ3v) is 4.04. The molecule has 0 radical (unpaired) electrons. The highest BCUT2D eigenvalue weighted by atomic mass is 35.5. The first-order valence-electron chi connectivity index (χ1n) is 6.13. The second-order valence-electron chi connectivity index (χ2n) is 4.81. The number of nitrogen functional groups attached to an aromatic ring is 1. The molecule has 1 aromatic carbocycles. The molecule has 0 aliphatic heterocycles. The number of benzene rings is 1. The number of nitrogens with zero attached hydrogens (tertiary/aromatic N) is 1. The van der Waals surface area contributed by atoms with Crippen LogP contribution in [0.1, 0.15) is 18.9 Å². The van der Waals surface area contributed by atoms with Crippen LogP contribution < -0.4 is 15.9 Å². The fourth-order valence-electron chi connectivity index (χ4n) is 2.24. The molecule has 0 unspecified atom stereocenters. The lowest BCUT2D eigenvalue weighted by Gasteiger charge is -2.15. The Bertz CT molecular complexity index is 827. The Labute approximate surface area is 128 Å². The van der Waals surface area contributed by atoms with Crippen molar-refractivity contribution in [3.05, 3.63) is 32.5 Å². The van der Waals surface area contributed by atoms with Crippen LogP contribution in [-0.2, 0) is 0 Å². The number of carboxylic acid groups (broad SMARTS) is 1. The van der Waals surface area contributed by atoms with Gasteiger partial charge in [-0.05, 0) is 18.9 Å². The van der Waals surface area contributed by atoms with Gasteiger partial charge in [0.25, 0.3) is 0 Å². The van der Waals surface area contributed by atoms with Crippen LogP contribution in [-0.4, -0.2) is 15.8 Å². The molecular formula is C13H10Cl2N2O4. The van der Waals surface area contributed by atoms with Gasteiger partial charge in [-0.1, -0.05) is 23.2 Å². The third-order valence-electron chi connectivity index (χ3n) is 3.35. The number of nitrogens with two attached hydrogens (primary N) is 1. The van der Waals surface area contributed by atoms with Crippen molar-refractivity contribution in [3.63, 3.8) is 0 Å². The van der Waals surface area contributed by atoms with Crippen LogP contribution in [0.15, 0.2) is 17.1 Å². The van der Waals surface area contributed by atoms with Crippen LogP contribution in [0.3, 0.4) is 0 Å². The van der Waals surface area contributed by atoms with Gasteiger partial charge in [0, 0.05) is 6.04 Å². The molecule has 8 heteroatoms. The van der Waals surface area contributed by atoms with E-state index in [2.05, 4.69) is 4.74 Å². The Balaban J connectivity index is 2.40. The molecule has 1 saturated carbocycles. The van der Waals surface area contributed by atoms with E-state index >= 15 is 0 Å². The summed E-state index contributed by atoms with van der Waals surface area (Å²) in [7, 11) is 0. The maximum Gasteiger partial charge on any atom is 0.511 e. The zero-order valence-electron chi connectivity index (χ0n) is 10.6. The van der Waals surface area contributed by atoms with E-state index < -0.39 is 11.6 Å². The molecule has 1 aromatic heterocycles. The summed E-state index contributed by atoms with van der Waals surface area (Å²) in [6.45, 7) is 0. The predicted octanol–water partition coefficient (Wildman–Crippen LogP) is 3.28. The molecule has 110 valence electrons. The molecule has 1 aliphatic carbocycles. The average Bonchev–Trinajstić information content (AvgIpc) is 3.23. The van der Waals surface area contributed by atoms with Crippen molar-refractivity contribution in [3.8, 4) is 5.75 Å². The summed E-state index contributed by atoms with van der Waals surface area (Å²) in [5, 5.41) is 9.23. The van der Waals surface area contributed by atoms with E-state index in [0.717, 1.165) is 12.8 Å². The molecule has 3 N–H and O–H groups in total. The van der Waals surface area contributed by atoms with Crippen LogP contribution in [0, 0.1) is 0 Å². The number of aromatic nitrogens is 1. The van der Waals surface area contributed by atoms with Crippen molar-refractivity contribution in [1.82, 2.24) is 4.57 Å². The lowest BCUT2D eigenvalue weighted by atomic mass is 10.1. The smallest absolute Gasteiger partial charge is 0.449 e. The summed E-state index contributed by atoms with van der Waals surface area (Å²) in [5.41, 5.74) is 5.85. The quantitative estimate of drug-likeness (QED) is 0.651. The van der Waals surface area contributed by atoms with Crippen LogP contribution in [0.5, 0.6) is 5.75 Å². The van der Waals surface area contributed by atoms with Crippen LogP contribution in [0.4, 0.5) is 10.5 Å². The molecule has 21 heavy (non-hydrogen) atoms. The lowest BCUT2D eigenvalue weighted by molar-refractivity contribution is 0.143. The van der Waals surface area contributed by atoms with Gasteiger partial charge in [-0.15, -0.1) is 0 Å². The van der Waals surface area contributed by atoms with Crippen molar-refractivity contribution >= 4 is 45.9 Å². The summed E-state index contributed by atoms with van der Waals surface area (Å²) in [5.74, 6) is -0.279. The van der Waals surface area contributed by atoms with Gasteiger partial charge in [0.1, 0.15) is 0 Å². The maximum atomic E-state index is 12.3. The Morgan fingerprint density at radius 3 is 2.67 bits per heavy atom. The van der Waals surface area contributed by atoms with Crippen molar-refractivity contribution < 1.29 is 14.6 Å². The molecule has 0 saturated heterocycles. The fourth-order valence-corrected chi connectivity index (χ4v) is 2.79. The number of halogens is 2. The molecule has 0 amide bonds. The van der Waals surface area contributed by atoms with Crippen molar-refractivity contribution in [1.29, 1.82) is 0 Å². The highest BCUT2D eigenvalue weighted by molar-refractivity contribution is 6.42. The summed E-state index contributed by atoms with van der Waals surface area (Å²) >= 11 is 12.2. The van der Waals surface area contributed by atoms with Crippen LogP contribution >= 0.6 is 23.2 Å². The van der Waals surface area contributed by atoms with Gasteiger partial charge < -0.3 is 20.1 Å². The number of hydrogen-bond acceptors (Lipinski definition) is 4. The van der Waals surface area contributed by atoms with Crippen molar-refractivity contribution in [2.45, 2.75) is 18.9 Å². The second kappa shape index (κ2) is 4.82. The maximum absolute atomic E-state index is 12.3.